The Morgan fingerprint density at radius 1 is 0.488 bits per heavy atom. The summed E-state index contributed by atoms with van der Waals surface area (Å²) < 4.78 is 18.1. The summed E-state index contributed by atoms with van der Waals surface area (Å²) >= 11 is 0. The Bertz CT molecular complexity index is 2010. The molecule has 41 heavy (non-hydrogen) atoms. The molecule has 1 aliphatic heterocycles. The summed E-state index contributed by atoms with van der Waals surface area (Å²) in [4.78, 5) is 0. The van der Waals surface area contributed by atoms with Gasteiger partial charge in [0.05, 0.1) is 33.3 Å². The molecule has 5 heteroatoms. The molecule has 3 heterocycles. The van der Waals surface area contributed by atoms with Crippen molar-refractivity contribution >= 4 is 56.2 Å². The minimum absolute atomic E-state index is 0.460. The number of hydrogen-bond acceptors (Lipinski definition) is 2. The topological polar surface area (TPSA) is 28.3 Å². The minimum Gasteiger partial charge on any atom is -0.399 e. The van der Waals surface area contributed by atoms with Crippen LogP contribution in [-0.4, -0.2) is 27.5 Å². The quantitative estimate of drug-likeness (QED) is 0.214. The van der Waals surface area contributed by atoms with Gasteiger partial charge in [-0.15, -0.1) is 0 Å². The molecule has 7 aromatic rings. The SMILES string of the molecule is CC1(C)OB(c2cc(-n3c4ccccc4c4ccccc43)ccc2-n2c3ccccc3c3ccccc32)OC1(C)C. The van der Waals surface area contributed by atoms with Crippen LogP contribution >= 0.6 is 0 Å². The van der Waals surface area contributed by atoms with Crippen LogP contribution < -0.4 is 5.46 Å². The zero-order chi connectivity index (χ0) is 27.9. The van der Waals surface area contributed by atoms with Crippen molar-refractivity contribution in [3.8, 4) is 11.4 Å². The first-order chi connectivity index (χ1) is 19.8. The van der Waals surface area contributed by atoms with Crippen LogP contribution in [0.1, 0.15) is 27.7 Å². The van der Waals surface area contributed by atoms with E-state index in [1.54, 1.807) is 0 Å². The molecule has 0 atom stereocenters. The molecule has 0 unspecified atom stereocenters. The fourth-order valence-corrected chi connectivity index (χ4v) is 6.43. The van der Waals surface area contributed by atoms with Crippen molar-refractivity contribution in [2.45, 2.75) is 38.9 Å². The van der Waals surface area contributed by atoms with Gasteiger partial charge in [-0.1, -0.05) is 72.8 Å². The Kier molecular flexibility index (Phi) is 5.13. The van der Waals surface area contributed by atoms with Crippen molar-refractivity contribution in [2.24, 2.45) is 0 Å². The lowest BCUT2D eigenvalue weighted by molar-refractivity contribution is 0.00578. The standard InChI is InChI=1S/C36H31BN2O2/c1-35(2)36(3,4)41-37(40-35)29-23-24(38-30-17-9-5-13-25(30)26-14-6-10-18-31(26)38)21-22-34(29)39-32-19-11-7-15-27(32)28-16-8-12-20-33(28)39/h5-23H,1-4H3. The molecular weight excluding hydrogens is 503 g/mol. The van der Waals surface area contributed by atoms with E-state index < -0.39 is 18.3 Å². The normalized spacial score (nSPS) is 16.4. The molecule has 1 saturated heterocycles. The van der Waals surface area contributed by atoms with Gasteiger partial charge in [0.1, 0.15) is 0 Å². The second-order valence-electron chi connectivity index (χ2n) is 12.1. The predicted octanol–water partition coefficient (Wildman–Crippen LogP) is 8.18. The number of aromatic nitrogens is 2. The van der Waals surface area contributed by atoms with Crippen LogP contribution in [0, 0.1) is 0 Å². The molecule has 8 rings (SSSR count). The van der Waals surface area contributed by atoms with Crippen molar-refractivity contribution in [3.05, 3.63) is 115 Å². The molecule has 0 bridgehead atoms. The first kappa shape index (κ1) is 24.5. The highest BCUT2D eigenvalue weighted by Gasteiger charge is 2.52. The fourth-order valence-electron chi connectivity index (χ4n) is 6.43. The highest BCUT2D eigenvalue weighted by atomic mass is 16.7. The van der Waals surface area contributed by atoms with Crippen LogP contribution in [0.25, 0.3) is 55.0 Å². The van der Waals surface area contributed by atoms with E-state index in [4.69, 9.17) is 9.31 Å². The summed E-state index contributed by atoms with van der Waals surface area (Å²) in [7, 11) is -0.525. The Hall–Kier alpha value is -4.32. The van der Waals surface area contributed by atoms with Crippen molar-refractivity contribution in [1.29, 1.82) is 0 Å². The van der Waals surface area contributed by atoms with E-state index in [0.717, 1.165) is 27.9 Å². The molecule has 1 fully saturated rings. The second-order valence-corrected chi connectivity index (χ2v) is 12.1. The van der Waals surface area contributed by atoms with E-state index in [1.165, 1.54) is 32.6 Å². The van der Waals surface area contributed by atoms with E-state index >= 15 is 0 Å². The van der Waals surface area contributed by atoms with Crippen LogP contribution in [0.2, 0.25) is 0 Å². The third kappa shape index (κ3) is 3.49. The summed E-state index contributed by atoms with van der Waals surface area (Å²) in [5.41, 5.74) is 6.91. The molecule has 2 aromatic heterocycles. The van der Waals surface area contributed by atoms with Gasteiger partial charge in [0.2, 0.25) is 0 Å². The van der Waals surface area contributed by atoms with E-state index in [-0.39, 0.29) is 0 Å². The average molecular weight is 534 g/mol. The molecule has 5 aromatic carbocycles. The Labute approximate surface area is 239 Å². The first-order valence-corrected chi connectivity index (χ1v) is 14.3. The number of nitrogens with zero attached hydrogens (tertiary/aromatic N) is 2. The highest BCUT2D eigenvalue weighted by Crippen LogP contribution is 2.39. The maximum atomic E-state index is 6.72. The van der Waals surface area contributed by atoms with E-state index in [0.29, 0.717) is 0 Å². The van der Waals surface area contributed by atoms with Gasteiger partial charge in [-0.05, 0) is 70.2 Å². The minimum atomic E-state index is -0.525. The van der Waals surface area contributed by atoms with E-state index in [1.807, 2.05) is 0 Å². The monoisotopic (exact) mass is 534 g/mol. The van der Waals surface area contributed by atoms with E-state index in [2.05, 4.69) is 152 Å². The molecule has 200 valence electrons. The van der Waals surface area contributed by atoms with Crippen LogP contribution in [0.3, 0.4) is 0 Å². The van der Waals surface area contributed by atoms with Crippen molar-refractivity contribution in [3.63, 3.8) is 0 Å². The zero-order valence-corrected chi connectivity index (χ0v) is 23.8. The predicted molar refractivity (Wildman–Crippen MR) is 171 cm³/mol. The molecule has 0 aliphatic carbocycles. The largest absolute Gasteiger partial charge is 0.497 e. The van der Waals surface area contributed by atoms with Crippen molar-refractivity contribution in [1.82, 2.24) is 9.13 Å². The second kappa shape index (κ2) is 8.59. The number of para-hydroxylation sites is 4. The lowest BCUT2D eigenvalue weighted by Gasteiger charge is -2.32. The van der Waals surface area contributed by atoms with Gasteiger partial charge in [0.15, 0.2) is 0 Å². The lowest BCUT2D eigenvalue weighted by Crippen LogP contribution is -2.41. The number of hydrogen-bond donors (Lipinski definition) is 0. The molecule has 1 aliphatic rings. The number of fused-ring (bicyclic) bond motifs is 6. The smallest absolute Gasteiger partial charge is 0.399 e. The van der Waals surface area contributed by atoms with Gasteiger partial charge in [0, 0.05) is 38.4 Å². The summed E-state index contributed by atoms with van der Waals surface area (Å²) in [5.74, 6) is 0. The fraction of sp³-hybridized carbons (Fsp3) is 0.167. The van der Waals surface area contributed by atoms with Gasteiger partial charge < -0.3 is 18.4 Å². The zero-order valence-electron chi connectivity index (χ0n) is 23.8. The Morgan fingerprint density at radius 3 is 1.32 bits per heavy atom. The van der Waals surface area contributed by atoms with Gasteiger partial charge in [-0.2, -0.15) is 0 Å². The summed E-state index contributed by atoms with van der Waals surface area (Å²) in [6.07, 6.45) is 0. The number of rotatable bonds is 3. The average Bonchev–Trinajstić information content (AvgIpc) is 3.57. The molecule has 0 spiro atoms. The van der Waals surface area contributed by atoms with Crippen LogP contribution in [0.15, 0.2) is 115 Å². The van der Waals surface area contributed by atoms with E-state index in [9.17, 15) is 0 Å². The molecule has 4 nitrogen and oxygen atoms in total. The van der Waals surface area contributed by atoms with Gasteiger partial charge >= 0.3 is 7.12 Å². The third-order valence-electron chi connectivity index (χ3n) is 9.18. The molecule has 0 saturated carbocycles. The van der Waals surface area contributed by atoms with Crippen LogP contribution in [0.5, 0.6) is 0 Å². The lowest BCUT2D eigenvalue weighted by atomic mass is 9.77. The maximum absolute atomic E-state index is 6.72. The molecule has 0 radical (unpaired) electrons. The highest BCUT2D eigenvalue weighted by molar-refractivity contribution is 6.63. The Morgan fingerprint density at radius 2 is 0.878 bits per heavy atom. The molecule has 0 N–H and O–H groups in total. The maximum Gasteiger partial charge on any atom is 0.497 e. The Balaban J connectivity index is 1.44. The van der Waals surface area contributed by atoms with Crippen molar-refractivity contribution < 1.29 is 9.31 Å². The number of benzene rings is 5. The summed E-state index contributed by atoms with van der Waals surface area (Å²) in [6, 6.07) is 41.2. The van der Waals surface area contributed by atoms with Crippen LogP contribution in [-0.2, 0) is 9.31 Å². The van der Waals surface area contributed by atoms with Gasteiger partial charge in [-0.25, -0.2) is 0 Å². The summed E-state index contributed by atoms with van der Waals surface area (Å²) in [6.45, 7) is 8.46. The molecular formula is C36H31BN2O2. The molecule has 0 amide bonds. The van der Waals surface area contributed by atoms with Gasteiger partial charge in [0.25, 0.3) is 0 Å². The van der Waals surface area contributed by atoms with Crippen molar-refractivity contribution in [2.75, 3.05) is 0 Å². The van der Waals surface area contributed by atoms with Crippen LogP contribution in [0.4, 0.5) is 0 Å². The summed E-state index contributed by atoms with van der Waals surface area (Å²) in [5, 5.41) is 4.95. The first-order valence-electron chi connectivity index (χ1n) is 14.3. The third-order valence-corrected chi connectivity index (χ3v) is 9.18. The van der Waals surface area contributed by atoms with Gasteiger partial charge in [-0.3, -0.25) is 0 Å².